The van der Waals surface area contributed by atoms with E-state index in [-0.39, 0.29) is 6.10 Å². The van der Waals surface area contributed by atoms with E-state index in [1.165, 1.54) is 0 Å². The lowest BCUT2D eigenvalue weighted by Gasteiger charge is -2.34. The molecular weight excluding hydrogens is 254 g/mol. The third kappa shape index (κ3) is 4.35. The van der Waals surface area contributed by atoms with Gasteiger partial charge < -0.3 is 19.7 Å². The minimum atomic E-state index is 0.229. The van der Waals surface area contributed by atoms with Crippen molar-refractivity contribution in [3.05, 3.63) is 18.2 Å². The summed E-state index contributed by atoms with van der Waals surface area (Å²) < 4.78 is 10.9. The normalized spacial score (nSPS) is 19.4. The monoisotopic (exact) mass is 279 g/mol. The second-order valence-electron chi connectivity index (χ2n) is 5.40. The largest absolute Gasteiger partial charge is 0.385 e. The Morgan fingerprint density at radius 1 is 1.50 bits per heavy atom. The molecule has 0 radical (unpaired) electrons. The van der Waals surface area contributed by atoms with Crippen molar-refractivity contribution in [3.8, 4) is 0 Å². The first-order chi connectivity index (χ1) is 9.69. The van der Waals surface area contributed by atoms with Gasteiger partial charge in [0.25, 0.3) is 0 Å². The molecule has 1 aromatic heterocycles. The summed E-state index contributed by atoms with van der Waals surface area (Å²) in [5.41, 5.74) is 0. The van der Waals surface area contributed by atoms with Crippen LogP contribution in [-0.4, -0.2) is 50.5 Å². The second-order valence-corrected chi connectivity index (χ2v) is 5.40. The summed E-state index contributed by atoms with van der Waals surface area (Å²) in [5.74, 6) is 1.94. The summed E-state index contributed by atoms with van der Waals surface area (Å²) in [6.45, 7) is 7.48. The predicted octanol–water partition coefficient (Wildman–Crippen LogP) is 2.14. The first-order valence-corrected chi connectivity index (χ1v) is 7.28. The molecule has 0 spiro atoms. The van der Waals surface area contributed by atoms with Gasteiger partial charge in [0.1, 0.15) is 11.6 Å². The average Bonchev–Trinajstić information content (AvgIpc) is 2.45. The number of rotatable bonds is 6. The minimum absolute atomic E-state index is 0.229. The minimum Gasteiger partial charge on any atom is -0.385 e. The summed E-state index contributed by atoms with van der Waals surface area (Å²) >= 11 is 0. The fourth-order valence-corrected chi connectivity index (χ4v) is 2.33. The van der Waals surface area contributed by atoms with Crippen LogP contribution in [0, 0.1) is 0 Å². The van der Waals surface area contributed by atoms with Crippen molar-refractivity contribution in [2.75, 3.05) is 43.6 Å². The lowest BCUT2D eigenvalue weighted by molar-refractivity contribution is 0.0189. The zero-order chi connectivity index (χ0) is 14.4. The lowest BCUT2D eigenvalue weighted by atomic mass is 10.2. The molecule has 1 N–H and O–H groups in total. The van der Waals surface area contributed by atoms with Crippen molar-refractivity contribution in [3.63, 3.8) is 0 Å². The maximum absolute atomic E-state index is 5.76. The Bertz CT molecular complexity index is 412. The molecule has 0 amide bonds. The van der Waals surface area contributed by atoms with Gasteiger partial charge in [-0.3, -0.25) is 0 Å². The molecule has 5 heteroatoms. The van der Waals surface area contributed by atoms with Crippen molar-refractivity contribution in [1.29, 1.82) is 0 Å². The third-order valence-corrected chi connectivity index (χ3v) is 3.28. The summed E-state index contributed by atoms with van der Waals surface area (Å²) in [5, 5.41) is 3.34. The zero-order valence-corrected chi connectivity index (χ0v) is 12.6. The molecule has 2 rings (SSSR count). The van der Waals surface area contributed by atoms with E-state index in [4.69, 9.17) is 9.47 Å². The molecule has 1 aliphatic heterocycles. The highest BCUT2D eigenvalue weighted by Gasteiger charge is 2.21. The highest BCUT2D eigenvalue weighted by Crippen LogP contribution is 2.19. The van der Waals surface area contributed by atoms with Crippen LogP contribution in [0.4, 0.5) is 11.6 Å². The summed E-state index contributed by atoms with van der Waals surface area (Å²) in [4.78, 5) is 6.97. The van der Waals surface area contributed by atoms with Crippen molar-refractivity contribution in [1.82, 2.24) is 4.98 Å². The molecule has 1 saturated heterocycles. The molecule has 112 valence electrons. The molecule has 1 aliphatic rings. The van der Waals surface area contributed by atoms with Crippen molar-refractivity contribution in [2.45, 2.75) is 32.4 Å². The number of pyridine rings is 1. The van der Waals surface area contributed by atoms with Crippen LogP contribution in [0.3, 0.4) is 0 Å². The molecule has 0 aromatic carbocycles. The van der Waals surface area contributed by atoms with E-state index in [0.29, 0.717) is 6.04 Å². The van der Waals surface area contributed by atoms with Crippen molar-refractivity contribution < 1.29 is 9.47 Å². The van der Waals surface area contributed by atoms with E-state index in [2.05, 4.69) is 35.1 Å². The summed E-state index contributed by atoms with van der Waals surface area (Å²) in [6, 6.07) is 6.50. The number of nitrogens with one attached hydrogen (secondary N) is 1. The summed E-state index contributed by atoms with van der Waals surface area (Å²) in [6.07, 6.45) is 1.16. The molecule has 1 unspecified atom stereocenters. The lowest BCUT2D eigenvalue weighted by Crippen LogP contribution is -2.43. The van der Waals surface area contributed by atoms with Gasteiger partial charge in [0.05, 0.1) is 12.7 Å². The SMILES string of the molecule is COCCC1CN(c2cccc(NC(C)C)n2)CCO1. The van der Waals surface area contributed by atoms with Crippen LogP contribution in [0.2, 0.25) is 0 Å². The van der Waals surface area contributed by atoms with Gasteiger partial charge in [-0.2, -0.15) is 0 Å². The number of nitrogens with zero attached hydrogens (tertiary/aromatic N) is 2. The quantitative estimate of drug-likeness (QED) is 0.864. The third-order valence-electron chi connectivity index (χ3n) is 3.28. The zero-order valence-electron chi connectivity index (χ0n) is 12.6. The number of morpholine rings is 1. The van der Waals surface area contributed by atoms with Gasteiger partial charge >= 0.3 is 0 Å². The highest BCUT2D eigenvalue weighted by atomic mass is 16.5. The van der Waals surface area contributed by atoms with Crippen molar-refractivity contribution in [2.24, 2.45) is 0 Å². The summed E-state index contributed by atoms with van der Waals surface area (Å²) in [7, 11) is 1.73. The Balaban J connectivity index is 1.99. The van der Waals surface area contributed by atoms with Crippen LogP contribution >= 0.6 is 0 Å². The fourth-order valence-electron chi connectivity index (χ4n) is 2.33. The standard InChI is InChI=1S/C15H25N3O2/c1-12(2)16-14-5-4-6-15(17-14)18-8-10-20-13(11-18)7-9-19-3/h4-6,12-13H,7-11H2,1-3H3,(H,16,17). The molecule has 1 aromatic rings. The van der Waals surface area contributed by atoms with Crippen LogP contribution in [0.5, 0.6) is 0 Å². The Morgan fingerprint density at radius 2 is 2.35 bits per heavy atom. The maximum Gasteiger partial charge on any atom is 0.131 e. The number of hydrogen-bond donors (Lipinski definition) is 1. The Labute approximate surface area is 121 Å². The number of ether oxygens (including phenoxy) is 2. The van der Waals surface area contributed by atoms with E-state index in [0.717, 1.165) is 44.4 Å². The van der Waals surface area contributed by atoms with Gasteiger partial charge in [-0.25, -0.2) is 4.98 Å². The molecule has 0 saturated carbocycles. The van der Waals surface area contributed by atoms with Gasteiger partial charge in [-0.15, -0.1) is 0 Å². The molecule has 0 bridgehead atoms. The van der Waals surface area contributed by atoms with Gasteiger partial charge in [0.2, 0.25) is 0 Å². The van der Waals surface area contributed by atoms with Gasteiger partial charge in [0, 0.05) is 32.8 Å². The Morgan fingerprint density at radius 3 is 3.10 bits per heavy atom. The number of hydrogen-bond acceptors (Lipinski definition) is 5. The van der Waals surface area contributed by atoms with Crippen LogP contribution in [0.1, 0.15) is 20.3 Å². The van der Waals surface area contributed by atoms with E-state index in [1.807, 2.05) is 12.1 Å². The molecular formula is C15H25N3O2. The Hall–Kier alpha value is -1.33. The number of aromatic nitrogens is 1. The fraction of sp³-hybridized carbons (Fsp3) is 0.667. The maximum atomic E-state index is 5.76. The Kier molecular flexibility index (Phi) is 5.61. The van der Waals surface area contributed by atoms with E-state index in [1.54, 1.807) is 7.11 Å². The average molecular weight is 279 g/mol. The molecule has 1 fully saturated rings. The molecule has 5 nitrogen and oxygen atoms in total. The smallest absolute Gasteiger partial charge is 0.131 e. The molecule has 0 aliphatic carbocycles. The molecule has 2 heterocycles. The van der Waals surface area contributed by atoms with Crippen molar-refractivity contribution >= 4 is 11.6 Å². The van der Waals surface area contributed by atoms with Crippen LogP contribution < -0.4 is 10.2 Å². The second kappa shape index (κ2) is 7.45. The van der Waals surface area contributed by atoms with E-state index in [9.17, 15) is 0 Å². The van der Waals surface area contributed by atoms with E-state index < -0.39 is 0 Å². The van der Waals surface area contributed by atoms with Crippen LogP contribution in [0.25, 0.3) is 0 Å². The molecule has 20 heavy (non-hydrogen) atoms. The topological polar surface area (TPSA) is 46.6 Å². The van der Waals surface area contributed by atoms with Gasteiger partial charge in [-0.1, -0.05) is 6.07 Å². The first kappa shape index (κ1) is 15.1. The van der Waals surface area contributed by atoms with E-state index >= 15 is 0 Å². The van der Waals surface area contributed by atoms with Crippen LogP contribution in [0.15, 0.2) is 18.2 Å². The first-order valence-electron chi connectivity index (χ1n) is 7.28. The number of methoxy groups -OCH3 is 1. The predicted molar refractivity (Wildman–Crippen MR) is 81.4 cm³/mol. The molecule has 1 atom stereocenters. The van der Waals surface area contributed by atoms with Crippen LogP contribution in [-0.2, 0) is 9.47 Å². The van der Waals surface area contributed by atoms with Gasteiger partial charge in [-0.05, 0) is 32.4 Å². The highest BCUT2D eigenvalue weighted by molar-refractivity contribution is 5.47. The number of anilines is 2. The van der Waals surface area contributed by atoms with Gasteiger partial charge in [0.15, 0.2) is 0 Å².